The van der Waals surface area contributed by atoms with Gasteiger partial charge >= 0.3 is 0 Å². The zero-order chi connectivity index (χ0) is 20.7. The van der Waals surface area contributed by atoms with Gasteiger partial charge in [0.25, 0.3) is 15.9 Å². The van der Waals surface area contributed by atoms with Gasteiger partial charge in [0.2, 0.25) is 0 Å². The molecule has 0 radical (unpaired) electrons. The molecule has 148 valence electrons. The van der Waals surface area contributed by atoms with Crippen molar-refractivity contribution in [3.8, 4) is 0 Å². The number of pyridine rings is 1. The van der Waals surface area contributed by atoms with Crippen LogP contribution in [0.25, 0.3) is 0 Å². The zero-order valence-corrected chi connectivity index (χ0v) is 16.0. The third-order valence-electron chi connectivity index (χ3n) is 3.83. The van der Waals surface area contributed by atoms with E-state index >= 15 is 0 Å². The second-order valence-corrected chi connectivity index (χ2v) is 7.72. The lowest BCUT2D eigenvalue weighted by Gasteiger charge is -2.24. The summed E-state index contributed by atoms with van der Waals surface area (Å²) in [6.45, 7) is -0.650. The molecule has 0 spiro atoms. The summed E-state index contributed by atoms with van der Waals surface area (Å²) in [5.41, 5.74) is 2.66. The Morgan fingerprint density at radius 2 is 1.79 bits per heavy atom. The van der Waals surface area contributed by atoms with Crippen LogP contribution in [0, 0.1) is 5.82 Å². The van der Waals surface area contributed by atoms with Crippen LogP contribution in [-0.2, 0) is 14.8 Å². The Balaban J connectivity index is 1.85. The molecular formula is C20H17FN4O3S. The number of rotatable bonds is 7. The summed E-state index contributed by atoms with van der Waals surface area (Å²) in [6, 6.07) is 16.3. The molecule has 0 bridgehead atoms. The summed E-state index contributed by atoms with van der Waals surface area (Å²) in [7, 11) is -4.18. The Labute approximate surface area is 167 Å². The van der Waals surface area contributed by atoms with Crippen molar-refractivity contribution in [2.45, 2.75) is 4.90 Å². The van der Waals surface area contributed by atoms with E-state index in [4.69, 9.17) is 0 Å². The fourth-order valence-electron chi connectivity index (χ4n) is 2.47. The molecule has 0 aliphatic carbocycles. The zero-order valence-electron chi connectivity index (χ0n) is 15.1. The van der Waals surface area contributed by atoms with Crippen LogP contribution in [0.2, 0.25) is 0 Å². The summed E-state index contributed by atoms with van der Waals surface area (Å²) < 4.78 is 41.1. The fraction of sp³-hybridized carbons (Fsp3) is 0.0500. The molecule has 29 heavy (non-hydrogen) atoms. The van der Waals surface area contributed by atoms with Crippen LogP contribution < -0.4 is 9.73 Å². The van der Waals surface area contributed by atoms with Crippen molar-refractivity contribution in [3.63, 3.8) is 0 Å². The van der Waals surface area contributed by atoms with Crippen LogP contribution in [0.4, 0.5) is 10.1 Å². The monoisotopic (exact) mass is 412 g/mol. The Kier molecular flexibility index (Phi) is 6.30. The molecule has 3 aromatic rings. The molecule has 0 unspecified atom stereocenters. The van der Waals surface area contributed by atoms with E-state index in [0.29, 0.717) is 9.87 Å². The summed E-state index contributed by atoms with van der Waals surface area (Å²) in [4.78, 5) is 16.2. The van der Waals surface area contributed by atoms with E-state index in [1.54, 1.807) is 42.7 Å². The molecular weight excluding hydrogens is 395 g/mol. The minimum Gasteiger partial charge on any atom is -0.271 e. The van der Waals surface area contributed by atoms with Crippen molar-refractivity contribution in [3.05, 3.63) is 90.5 Å². The smallest absolute Gasteiger partial charge is 0.264 e. The van der Waals surface area contributed by atoms with E-state index in [2.05, 4.69) is 15.5 Å². The van der Waals surface area contributed by atoms with Gasteiger partial charge in [-0.25, -0.2) is 18.2 Å². The Morgan fingerprint density at radius 3 is 2.48 bits per heavy atom. The highest BCUT2D eigenvalue weighted by molar-refractivity contribution is 7.92. The van der Waals surface area contributed by atoms with Gasteiger partial charge in [-0.1, -0.05) is 36.4 Å². The average molecular weight is 412 g/mol. The first kappa shape index (κ1) is 20.2. The van der Waals surface area contributed by atoms with E-state index in [-0.39, 0.29) is 10.6 Å². The lowest BCUT2D eigenvalue weighted by atomic mass is 10.3. The number of hydrogen-bond acceptors (Lipinski definition) is 5. The number of hydrazone groups is 1. The molecule has 9 heteroatoms. The number of amides is 1. The normalized spacial score (nSPS) is 11.3. The number of anilines is 1. The number of para-hydroxylation sites is 1. The summed E-state index contributed by atoms with van der Waals surface area (Å²) in [6.07, 6.45) is 4.50. The van der Waals surface area contributed by atoms with Crippen molar-refractivity contribution >= 4 is 27.8 Å². The summed E-state index contributed by atoms with van der Waals surface area (Å²) in [5, 5.41) is 3.79. The molecule has 0 saturated heterocycles. The largest absolute Gasteiger partial charge is 0.271 e. The lowest BCUT2D eigenvalue weighted by molar-refractivity contribution is -0.119. The van der Waals surface area contributed by atoms with E-state index in [1.807, 2.05) is 0 Å². The first-order valence-corrected chi connectivity index (χ1v) is 9.97. The Hall–Kier alpha value is -3.59. The third kappa shape index (κ3) is 5.02. The maximum atomic E-state index is 14.3. The Morgan fingerprint density at radius 1 is 1.07 bits per heavy atom. The highest BCUT2D eigenvalue weighted by atomic mass is 32.2. The van der Waals surface area contributed by atoms with Crippen molar-refractivity contribution in [2.24, 2.45) is 5.10 Å². The summed E-state index contributed by atoms with van der Waals surface area (Å²) in [5.74, 6) is -1.49. The predicted molar refractivity (Wildman–Crippen MR) is 107 cm³/mol. The molecule has 1 amide bonds. The highest BCUT2D eigenvalue weighted by Crippen LogP contribution is 2.25. The molecule has 1 heterocycles. The van der Waals surface area contributed by atoms with Crippen LogP contribution in [0.15, 0.2) is 89.1 Å². The lowest BCUT2D eigenvalue weighted by Crippen LogP contribution is -2.40. The van der Waals surface area contributed by atoms with Crippen molar-refractivity contribution < 1.29 is 17.6 Å². The second kappa shape index (κ2) is 9.07. The van der Waals surface area contributed by atoms with E-state index in [1.165, 1.54) is 36.5 Å². The molecule has 0 atom stereocenters. The first-order valence-electron chi connectivity index (χ1n) is 8.53. The van der Waals surface area contributed by atoms with Gasteiger partial charge in [-0.2, -0.15) is 5.10 Å². The number of sulfonamides is 1. The van der Waals surface area contributed by atoms with Crippen LogP contribution in [0.5, 0.6) is 0 Å². The molecule has 0 fully saturated rings. The molecule has 0 aliphatic heterocycles. The van der Waals surface area contributed by atoms with Gasteiger partial charge in [-0.05, 0) is 30.3 Å². The molecule has 7 nitrogen and oxygen atoms in total. The molecule has 1 N–H and O–H groups in total. The Bertz CT molecular complexity index is 1110. The van der Waals surface area contributed by atoms with Gasteiger partial charge in [0.05, 0.1) is 16.8 Å². The molecule has 1 aromatic heterocycles. The van der Waals surface area contributed by atoms with Gasteiger partial charge in [-0.3, -0.25) is 14.1 Å². The SMILES string of the molecule is O=C(CN(c1ccccc1F)S(=O)(=O)c1ccccc1)N/N=C/c1cccnc1. The topological polar surface area (TPSA) is 91.7 Å². The van der Waals surface area contributed by atoms with Gasteiger partial charge in [0.15, 0.2) is 0 Å². The molecule has 2 aromatic carbocycles. The number of halogens is 1. The highest BCUT2D eigenvalue weighted by Gasteiger charge is 2.28. The van der Waals surface area contributed by atoms with Gasteiger partial charge in [-0.15, -0.1) is 0 Å². The summed E-state index contributed by atoms with van der Waals surface area (Å²) >= 11 is 0. The first-order chi connectivity index (χ1) is 14.0. The molecule has 3 rings (SSSR count). The third-order valence-corrected chi connectivity index (χ3v) is 5.60. The van der Waals surface area contributed by atoms with Gasteiger partial charge in [0.1, 0.15) is 12.4 Å². The second-order valence-electron chi connectivity index (χ2n) is 5.86. The van der Waals surface area contributed by atoms with Gasteiger partial charge in [0, 0.05) is 18.0 Å². The van der Waals surface area contributed by atoms with Gasteiger partial charge < -0.3 is 0 Å². The number of hydrogen-bond donors (Lipinski definition) is 1. The van der Waals surface area contributed by atoms with Crippen LogP contribution in [0.1, 0.15) is 5.56 Å². The van der Waals surface area contributed by atoms with E-state index < -0.39 is 28.3 Å². The fourth-order valence-corrected chi connectivity index (χ4v) is 3.92. The van der Waals surface area contributed by atoms with E-state index in [9.17, 15) is 17.6 Å². The van der Waals surface area contributed by atoms with Crippen molar-refractivity contribution in [2.75, 3.05) is 10.8 Å². The number of nitrogens with zero attached hydrogens (tertiary/aromatic N) is 3. The number of carbonyl (C=O) groups is 1. The maximum absolute atomic E-state index is 14.3. The molecule has 0 saturated carbocycles. The molecule has 0 aliphatic rings. The maximum Gasteiger partial charge on any atom is 0.264 e. The number of nitrogens with one attached hydrogen (secondary N) is 1. The van der Waals surface area contributed by atoms with E-state index in [0.717, 1.165) is 6.07 Å². The number of benzene rings is 2. The number of carbonyl (C=O) groups excluding carboxylic acids is 1. The minimum absolute atomic E-state index is 0.0603. The van der Waals surface area contributed by atoms with Crippen LogP contribution >= 0.6 is 0 Å². The van der Waals surface area contributed by atoms with Crippen molar-refractivity contribution in [1.29, 1.82) is 0 Å². The van der Waals surface area contributed by atoms with Crippen LogP contribution in [-0.4, -0.2) is 32.1 Å². The predicted octanol–water partition coefficient (Wildman–Crippen LogP) is 2.57. The minimum atomic E-state index is -4.18. The van der Waals surface area contributed by atoms with Crippen molar-refractivity contribution in [1.82, 2.24) is 10.4 Å². The van der Waals surface area contributed by atoms with Crippen LogP contribution in [0.3, 0.4) is 0 Å². The number of aromatic nitrogens is 1. The standard InChI is InChI=1S/C20H17FN4O3S/c21-18-10-4-5-11-19(18)25(29(27,28)17-8-2-1-3-9-17)15-20(26)24-23-14-16-7-6-12-22-13-16/h1-14H,15H2,(H,24,26)/b23-14+. The quantitative estimate of drug-likeness (QED) is 0.477. The average Bonchev–Trinajstić information content (AvgIpc) is 2.74.